The average Bonchev–Trinajstić information content (AvgIpc) is 3.07. The largest absolute Gasteiger partial charge is 0.481 e. The Morgan fingerprint density at radius 2 is 1.96 bits per heavy atom. The molecular weight excluding hydrogens is 314 g/mol. The molecule has 130 valence electrons. The summed E-state index contributed by atoms with van der Waals surface area (Å²) in [6, 6.07) is 16.4. The van der Waals surface area contributed by atoms with Crippen molar-refractivity contribution in [2.75, 3.05) is 19.7 Å². The van der Waals surface area contributed by atoms with Gasteiger partial charge in [-0.1, -0.05) is 48.5 Å². The van der Waals surface area contributed by atoms with Crippen LogP contribution in [0.5, 0.6) is 0 Å². The van der Waals surface area contributed by atoms with Crippen LogP contribution in [0.4, 0.5) is 0 Å². The van der Waals surface area contributed by atoms with E-state index in [9.17, 15) is 9.90 Å². The van der Waals surface area contributed by atoms with Crippen molar-refractivity contribution in [3.8, 4) is 0 Å². The quantitative estimate of drug-likeness (QED) is 0.932. The summed E-state index contributed by atoms with van der Waals surface area (Å²) in [6.07, 6.45) is 0.948. The van der Waals surface area contributed by atoms with E-state index in [0.29, 0.717) is 13.2 Å². The molecule has 2 aliphatic rings. The molecule has 2 aliphatic heterocycles. The zero-order valence-electron chi connectivity index (χ0n) is 14.2. The molecule has 0 aliphatic carbocycles. The minimum absolute atomic E-state index is 0.0570. The Balaban J connectivity index is 1.55. The number of ether oxygens (including phenoxy) is 1. The summed E-state index contributed by atoms with van der Waals surface area (Å²) in [5, 5.41) is 9.68. The van der Waals surface area contributed by atoms with Gasteiger partial charge in [-0.2, -0.15) is 0 Å². The van der Waals surface area contributed by atoms with E-state index in [-0.39, 0.29) is 11.8 Å². The maximum Gasteiger partial charge on any atom is 0.308 e. The Morgan fingerprint density at radius 3 is 2.76 bits per heavy atom. The van der Waals surface area contributed by atoms with Crippen LogP contribution in [0.3, 0.4) is 0 Å². The number of carboxylic acid groups (broad SMARTS) is 1. The second kappa shape index (κ2) is 6.98. The Labute approximate surface area is 148 Å². The average molecular weight is 337 g/mol. The fourth-order valence-corrected chi connectivity index (χ4v) is 4.19. The SMILES string of the molecule is O=C(O)[C@@H]1CN(Cc2cccc3c2CCOC3)C[C@H]1c1ccccc1. The third-order valence-electron chi connectivity index (χ3n) is 5.46. The van der Waals surface area contributed by atoms with Gasteiger partial charge >= 0.3 is 5.97 Å². The van der Waals surface area contributed by atoms with Crippen molar-refractivity contribution in [2.24, 2.45) is 5.92 Å². The third-order valence-corrected chi connectivity index (χ3v) is 5.46. The van der Waals surface area contributed by atoms with E-state index in [2.05, 4.69) is 23.1 Å². The van der Waals surface area contributed by atoms with Gasteiger partial charge in [0.15, 0.2) is 0 Å². The number of likely N-dealkylation sites (tertiary alicyclic amines) is 1. The molecule has 2 aromatic rings. The molecule has 1 N–H and O–H groups in total. The summed E-state index contributed by atoms with van der Waals surface area (Å²) in [4.78, 5) is 14.1. The van der Waals surface area contributed by atoms with Crippen LogP contribution in [0.2, 0.25) is 0 Å². The first-order valence-electron chi connectivity index (χ1n) is 8.90. The van der Waals surface area contributed by atoms with Crippen molar-refractivity contribution in [2.45, 2.75) is 25.5 Å². The summed E-state index contributed by atoms with van der Waals surface area (Å²) in [5.41, 5.74) is 5.11. The van der Waals surface area contributed by atoms with Crippen LogP contribution in [0.1, 0.15) is 28.2 Å². The summed E-state index contributed by atoms with van der Waals surface area (Å²) >= 11 is 0. The molecule has 4 rings (SSSR count). The lowest BCUT2D eigenvalue weighted by Crippen LogP contribution is -2.24. The van der Waals surface area contributed by atoms with E-state index in [1.807, 2.05) is 30.3 Å². The van der Waals surface area contributed by atoms with Gasteiger partial charge in [-0.15, -0.1) is 0 Å². The van der Waals surface area contributed by atoms with E-state index >= 15 is 0 Å². The van der Waals surface area contributed by atoms with Crippen molar-refractivity contribution in [1.82, 2.24) is 4.90 Å². The smallest absolute Gasteiger partial charge is 0.308 e. The van der Waals surface area contributed by atoms with Gasteiger partial charge in [0.25, 0.3) is 0 Å². The zero-order valence-corrected chi connectivity index (χ0v) is 14.2. The Hall–Kier alpha value is -2.17. The maximum absolute atomic E-state index is 11.8. The molecule has 0 amide bonds. The van der Waals surface area contributed by atoms with Crippen LogP contribution in [-0.4, -0.2) is 35.7 Å². The van der Waals surface area contributed by atoms with Gasteiger partial charge < -0.3 is 9.84 Å². The molecule has 4 nitrogen and oxygen atoms in total. The first kappa shape index (κ1) is 16.3. The molecule has 1 fully saturated rings. The number of carbonyl (C=O) groups is 1. The molecule has 0 radical (unpaired) electrons. The van der Waals surface area contributed by atoms with Gasteiger partial charge in [-0.25, -0.2) is 0 Å². The maximum atomic E-state index is 11.8. The Bertz CT molecular complexity index is 759. The number of hydrogen-bond acceptors (Lipinski definition) is 3. The number of carboxylic acids is 1. The number of hydrogen-bond donors (Lipinski definition) is 1. The summed E-state index contributed by atoms with van der Waals surface area (Å²) in [5.74, 6) is -0.980. The van der Waals surface area contributed by atoms with E-state index < -0.39 is 5.97 Å². The van der Waals surface area contributed by atoms with Crippen molar-refractivity contribution >= 4 is 5.97 Å². The third kappa shape index (κ3) is 3.32. The number of rotatable bonds is 4. The van der Waals surface area contributed by atoms with Gasteiger partial charge in [0.2, 0.25) is 0 Å². The van der Waals surface area contributed by atoms with Gasteiger partial charge in [0, 0.05) is 25.6 Å². The zero-order chi connectivity index (χ0) is 17.2. The molecule has 2 aromatic carbocycles. The lowest BCUT2D eigenvalue weighted by Gasteiger charge is -2.23. The second-order valence-electron chi connectivity index (χ2n) is 7.01. The van der Waals surface area contributed by atoms with Crippen molar-refractivity contribution < 1.29 is 14.6 Å². The molecule has 4 heteroatoms. The fourth-order valence-electron chi connectivity index (χ4n) is 4.19. The minimum atomic E-state index is -0.695. The molecule has 25 heavy (non-hydrogen) atoms. The summed E-state index contributed by atoms with van der Waals surface area (Å²) in [6.45, 7) is 3.68. The monoisotopic (exact) mass is 337 g/mol. The van der Waals surface area contributed by atoms with Crippen LogP contribution < -0.4 is 0 Å². The standard InChI is InChI=1S/C21H23NO3/c23-21(24)20-13-22(12-19(20)15-5-2-1-3-6-15)11-16-7-4-8-17-14-25-10-9-18(16)17/h1-8,19-20H,9-14H2,(H,23,24)/t19-,20+/m0/s1. The molecular formula is C21H23NO3. The number of benzene rings is 2. The van der Waals surface area contributed by atoms with Crippen LogP contribution in [0, 0.1) is 5.92 Å². The molecule has 0 unspecified atom stereocenters. The van der Waals surface area contributed by atoms with Crippen molar-refractivity contribution in [3.05, 3.63) is 70.8 Å². The highest BCUT2D eigenvalue weighted by molar-refractivity contribution is 5.72. The predicted octanol–water partition coefficient (Wildman–Crippen LogP) is 3.06. The highest BCUT2D eigenvalue weighted by atomic mass is 16.5. The lowest BCUT2D eigenvalue weighted by atomic mass is 9.89. The van der Waals surface area contributed by atoms with E-state index in [1.54, 1.807) is 0 Å². The number of aliphatic carboxylic acids is 1. The molecule has 1 saturated heterocycles. The number of fused-ring (bicyclic) bond motifs is 1. The molecule has 2 heterocycles. The fraction of sp³-hybridized carbons (Fsp3) is 0.381. The van der Waals surface area contributed by atoms with E-state index in [4.69, 9.17) is 4.74 Å². The summed E-state index contributed by atoms with van der Waals surface area (Å²) in [7, 11) is 0. The van der Waals surface area contributed by atoms with Crippen molar-refractivity contribution in [3.63, 3.8) is 0 Å². The first-order valence-corrected chi connectivity index (χ1v) is 8.90. The van der Waals surface area contributed by atoms with E-state index in [1.165, 1.54) is 16.7 Å². The lowest BCUT2D eigenvalue weighted by molar-refractivity contribution is -0.141. The van der Waals surface area contributed by atoms with Crippen LogP contribution in [-0.2, 0) is 29.1 Å². The molecule has 2 atom stereocenters. The van der Waals surface area contributed by atoms with Crippen molar-refractivity contribution in [1.29, 1.82) is 0 Å². The molecule has 0 bridgehead atoms. The van der Waals surface area contributed by atoms with Crippen LogP contribution in [0.25, 0.3) is 0 Å². The highest BCUT2D eigenvalue weighted by Gasteiger charge is 2.38. The highest BCUT2D eigenvalue weighted by Crippen LogP contribution is 2.34. The normalized spacial score (nSPS) is 23.4. The first-order chi connectivity index (χ1) is 12.2. The molecule has 0 aromatic heterocycles. The summed E-state index contributed by atoms with van der Waals surface area (Å²) < 4.78 is 5.55. The van der Waals surface area contributed by atoms with Gasteiger partial charge in [-0.3, -0.25) is 9.69 Å². The molecule has 0 saturated carbocycles. The number of nitrogens with zero attached hydrogens (tertiary/aromatic N) is 1. The topological polar surface area (TPSA) is 49.8 Å². The Morgan fingerprint density at radius 1 is 1.12 bits per heavy atom. The minimum Gasteiger partial charge on any atom is -0.481 e. The predicted molar refractivity (Wildman–Crippen MR) is 95.4 cm³/mol. The van der Waals surface area contributed by atoms with Crippen LogP contribution in [0.15, 0.2) is 48.5 Å². The van der Waals surface area contributed by atoms with Gasteiger partial charge in [0.1, 0.15) is 0 Å². The Kier molecular flexibility index (Phi) is 4.55. The van der Waals surface area contributed by atoms with Gasteiger partial charge in [-0.05, 0) is 28.7 Å². The van der Waals surface area contributed by atoms with Crippen LogP contribution >= 0.6 is 0 Å². The molecule has 0 spiro atoms. The second-order valence-corrected chi connectivity index (χ2v) is 7.01. The van der Waals surface area contributed by atoms with Gasteiger partial charge in [0.05, 0.1) is 19.1 Å². The van der Waals surface area contributed by atoms with E-state index in [0.717, 1.165) is 31.7 Å².